The van der Waals surface area contributed by atoms with Gasteiger partial charge in [-0.1, -0.05) is 12.1 Å². The summed E-state index contributed by atoms with van der Waals surface area (Å²) in [6.07, 6.45) is 3.90. The minimum Gasteiger partial charge on any atom is -0.368 e. The molecule has 2 saturated heterocycles. The van der Waals surface area contributed by atoms with Crippen LogP contribution in [0.4, 0.5) is 10.1 Å². The molecule has 2 aliphatic heterocycles. The molecule has 1 unspecified atom stereocenters. The van der Waals surface area contributed by atoms with Crippen molar-refractivity contribution < 1.29 is 9.18 Å². The molecule has 8 nitrogen and oxygen atoms in total. The number of fused-ring (bicyclic) bond motifs is 1. The fourth-order valence-corrected chi connectivity index (χ4v) is 5.25. The number of aromatic nitrogens is 3. The minimum absolute atomic E-state index is 0.0795. The number of H-pyrrole nitrogens is 1. The lowest BCUT2D eigenvalue weighted by atomic mass is 9.93. The van der Waals surface area contributed by atoms with Gasteiger partial charge in [-0.2, -0.15) is 4.39 Å². The molecule has 5 rings (SSSR count). The van der Waals surface area contributed by atoms with Crippen molar-refractivity contribution >= 4 is 22.5 Å². The Kier molecular flexibility index (Phi) is 6.28. The molecule has 2 N–H and O–H groups in total. The van der Waals surface area contributed by atoms with Crippen LogP contribution in [0.3, 0.4) is 0 Å². The van der Waals surface area contributed by atoms with Gasteiger partial charge < -0.3 is 15.2 Å². The van der Waals surface area contributed by atoms with Crippen LogP contribution in [0.25, 0.3) is 10.9 Å². The van der Waals surface area contributed by atoms with Gasteiger partial charge in [-0.05, 0) is 56.5 Å². The van der Waals surface area contributed by atoms with Crippen molar-refractivity contribution in [3.63, 3.8) is 0 Å². The summed E-state index contributed by atoms with van der Waals surface area (Å²) < 4.78 is 14.6. The Bertz CT molecular complexity index is 1250. The summed E-state index contributed by atoms with van der Waals surface area (Å²) in [5.41, 5.74) is 1.19. The molecular weight excluding hydrogens is 435 g/mol. The van der Waals surface area contributed by atoms with E-state index in [1.807, 2.05) is 23.1 Å². The van der Waals surface area contributed by atoms with E-state index in [9.17, 15) is 14.0 Å². The summed E-state index contributed by atoms with van der Waals surface area (Å²) in [5.74, 6) is -0.0341. The smallest absolute Gasteiger partial charge is 0.269 e. The number of aromatic amines is 1. The number of hydrogen-bond acceptors (Lipinski definition) is 6. The first-order valence-electron chi connectivity index (χ1n) is 11.9. The molecule has 2 aliphatic rings. The zero-order chi connectivity index (χ0) is 23.7. The number of pyridine rings is 1. The fraction of sp³-hybridized carbons (Fsp3) is 0.440. The summed E-state index contributed by atoms with van der Waals surface area (Å²) in [7, 11) is 1.50. The Balaban J connectivity index is 1.24. The molecular formula is C25H29FN6O2. The number of anilines is 1. The molecule has 2 aromatic heterocycles. The van der Waals surface area contributed by atoms with E-state index >= 15 is 0 Å². The Labute approximate surface area is 197 Å². The number of benzene rings is 1. The van der Waals surface area contributed by atoms with E-state index in [0.717, 1.165) is 63.2 Å². The normalized spacial score (nSPS) is 19.9. The van der Waals surface area contributed by atoms with Gasteiger partial charge in [-0.15, -0.1) is 0 Å². The van der Waals surface area contributed by atoms with Gasteiger partial charge in [0.05, 0.1) is 16.6 Å². The molecule has 3 aromatic rings. The number of piperidine rings is 2. The van der Waals surface area contributed by atoms with Gasteiger partial charge in [0, 0.05) is 38.6 Å². The highest BCUT2D eigenvalue weighted by molar-refractivity contribution is 5.92. The third-order valence-corrected chi connectivity index (χ3v) is 7.08. The minimum atomic E-state index is -0.607. The largest absolute Gasteiger partial charge is 0.368 e. The number of nitrogens with zero attached hydrogens (tertiary/aromatic N) is 4. The van der Waals surface area contributed by atoms with E-state index in [4.69, 9.17) is 4.98 Å². The molecule has 178 valence electrons. The van der Waals surface area contributed by atoms with Crippen molar-refractivity contribution in [1.82, 2.24) is 25.2 Å². The molecule has 34 heavy (non-hydrogen) atoms. The number of carbonyl (C=O) groups excluding carboxylic acids is 1. The number of nitrogens with one attached hydrogen (secondary N) is 2. The molecule has 4 heterocycles. The fourth-order valence-electron chi connectivity index (χ4n) is 5.25. The van der Waals surface area contributed by atoms with E-state index in [2.05, 4.69) is 20.2 Å². The van der Waals surface area contributed by atoms with Gasteiger partial charge in [0.1, 0.15) is 11.5 Å². The predicted molar refractivity (Wildman–Crippen MR) is 129 cm³/mol. The third kappa shape index (κ3) is 4.40. The second-order valence-electron chi connectivity index (χ2n) is 9.11. The van der Waals surface area contributed by atoms with Crippen molar-refractivity contribution in [2.24, 2.45) is 0 Å². The van der Waals surface area contributed by atoms with Gasteiger partial charge in [0.25, 0.3) is 11.5 Å². The van der Waals surface area contributed by atoms with Crippen LogP contribution >= 0.6 is 0 Å². The summed E-state index contributed by atoms with van der Waals surface area (Å²) in [6.45, 7) is 3.35. The van der Waals surface area contributed by atoms with Gasteiger partial charge in [0.15, 0.2) is 0 Å². The lowest BCUT2D eigenvalue weighted by Gasteiger charge is -2.42. The van der Waals surface area contributed by atoms with Crippen molar-refractivity contribution in [2.75, 3.05) is 38.1 Å². The topological polar surface area (TPSA) is 94.2 Å². The first-order chi connectivity index (χ1) is 16.5. The highest BCUT2D eigenvalue weighted by Crippen LogP contribution is 2.30. The average molecular weight is 465 g/mol. The zero-order valence-corrected chi connectivity index (χ0v) is 19.3. The average Bonchev–Trinajstić information content (AvgIpc) is 2.88. The van der Waals surface area contributed by atoms with Crippen molar-refractivity contribution in [1.29, 1.82) is 0 Å². The van der Waals surface area contributed by atoms with Crippen molar-refractivity contribution in [3.05, 3.63) is 64.2 Å². The Morgan fingerprint density at radius 2 is 1.88 bits per heavy atom. The molecule has 0 bridgehead atoms. The summed E-state index contributed by atoms with van der Waals surface area (Å²) in [4.78, 5) is 40.3. The second-order valence-corrected chi connectivity index (χ2v) is 9.11. The van der Waals surface area contributed by atoms with Crippen LogP contribution in [-0.4, -0.2) is 65.0 Å². The van der Waals surface area contributed by atoms with Crippen LogP contribution in [0.1, 0.15) is 47.9 Å². The van der Waals surface area contributed by atoms with Gasteiger partial charge in [-0.25, -0.2) is 9.97 Å². The molecule has 1 atom stereocenters. The lowest BCUT2D eigenvalue weighted by molar-refractivity contribution is 0.0957. The van der Waals surface area contributed by atoms with Crippen molar-refractivity contribution in [2.45, 2.75) is 37.6 Å². The number of halogens is 1. The monoisotopic (exact) mass is 464 g/mol. The van der Waals surface area contributed by atoms with E-state index in [1.54, 1.807) is 18.2 Å². The molecule has 0 spiro atoms. The SMILES string of the molecule is CNC(=O)c1ccc(N2CCC(N3CCCC(c4nc5ccccc5c(=O)[nH]4)C3)CC2)c(F)n1. The molecule has 9 heteroatoms. The number of rotatable bonds is 4. The van der Waals surface area contributed by atoms with Crippen LogP contribution < -0.4 is 15.8 Å². The van der Waals surface area contributed by atoms with Gasteiger partial charge >= 0.3 is 0 Å². The first kappa shape index (κ1) is 22.5. The summed E-state index contributed by atoms with van der Waals surface area (Å²) >= 11 is 0. The summed E-state index contributed by atoms with van der Waals surface area (Å²) in [5, 5.41) is 3.09. The molecule has 0 radical (unpaired) electrons. The number of hydrogen-bond donors (Lipinski definition) is 2. The van der Waals surface area contributed by atoms with E-state index in [0.29, 0.717) is 17.1 Å². The van der Waals surface area contributed by atoms with Crippen LogP contribution in [0, 0.1) is 5.95 Å². The molecule has 1 aromatic carbocycles. The second kappa shape index (κ2) is 9.50. The quantitative estimate of drug-likeness (QED) is 0.577. The third-order valence-electron chi connectivity index (χ3n) is 7.08. The maximum atomic E-state index is 14.6. The van der Waals surface area contributed by atoms with E-state index in [1.165, 1.54) is 7.05 Å². The standard InChI is InChI=1S/C25H29FN6O2/c1-27-25(34)20-8-9-21(22(26)28-20)31-13-10-17(11-14-31)32-12-4-5-16(15-32)23-29-19-7-3-2-6-18(19)24(33)30-23/h2-3,6-9,16-17H,4-5,10-15H2,1H3,(H,27,34)(H,29,30,33). The lowest BCUT2D eigenvalue weighted by Crippen LogP contribution is -2.48. The molecule has 2 fully saturated rings. The highest BCUT2D eigenvalue weighted by atomic mass is 19.1. The first-order valence-corrected chi connectivity index (χ1v) is 11.9. The van der Waals surface area contributed by atoms with Crippen LogP contribution in [-0.2, 0) is 0 Å². The zero-order valence-electron chi connectivity index (χ0n) is 19.3. The number of para-hydroxylation sites is 1. The van der Waals surface area contributed by atoms with E-state index in [-0.39, 0.29) is 17.2 Å². The number of amides is 1. The van der Waals surface area contributed by atoms with Crippen LogP contribution in [0.15, 0.2) is 41.2 Å². The van der Waals surface area contributed by atoms with Crippen LogP contribution in [0.5, 0.6) is 0 Å². The highest BCUT2D eigenvalue weighted by Gasteiger charge is 2.31. The van der Waals surface area contributed by atoms with Gasteiger partial charge in [-0.3, -0.25) is 14.5 Å². The van der Waals surface area contributed by atoms with Crippen LogP contribution in [0.2, 0.25) is 0 Å². The summed E-state index contributed by atoms with van der Waals surface area (Å²) in [6, 6.07) is 11.1. The van der Waals surface area contributed by atoms with E-state index < -0.39 is 11.9 Å². The number of likely N-dealkylation sites (tertiary alicyclic amines) is 1. The maximum Gasteiger partial charge on any atom is 0.269 e. The predicted octanol–water partition coefficient (Wildman–Crippen LogP) is 2.67. The molecule has 0 aliphatic carbocycles. The van der Waals surface area contributed by atoms with Gasteiger partial charge in [0.2, 0.25) is 5.95 Å². The Hall–Kier alpha value is -3.33. The Morgan fingerprint density at radius 3 is 2.65 bits per heavy atom. The number of carbonyl (C=O) groups is 1. The molecule has 1 amide bonds. The maximum absolute atomic E-state index is 14.6. The molecule has 0 saturated carbocycles. The van der Waals surface area contributed by atoms with Crippen molar-refractivity contribution in [3.8, 4) is 0 Å². The Morgan fingerprint density at radius 1 is 1.09 bits per heavy atom.